The van der Waals surface area contributed by atoms with Crippen LogP contribution < -0.4 is 5.32 Å². The standard InChI is InChI=1S/C3H6NO.C3H7.2CH3.Sn/c1-2-4-3-5;1-3-2;;;/h2H2,1H3,(H,4,5);1,3H2,2H3;2*1H3;. The molecule has 2 nitrogen and oxygen atoms in total. The molecule has 0 bridgehead atoms. The number of carbonyl (C=O) groups excluding carboxylic acids is 1. The van der Waals surface area contributed by atoms with Crippen molar-refractivity contribution in [2.45, 2.75) is 34.6 Å². The van der Waals surface area contributed by atoms with E-state index in [1.54, 1.807) is 0 Å². The van der Waals surface area contributed by atoms with Gasteiger partial charge in [0, 0.05) is 0 Å². The molecule has 0 rings (SSSR count). The van der Waals surface area contributed by atoms with Crippen LogP contribution in [0, 0.1) is 0 Å². The summed E-state index contributed by atoms with van der Waals surface area (Å²) >= 11 is -2.29. The fraction of sp³-hybridized carbons (Fsp3) is 0.875. The van der Waals surface area contributed by atoms with E-state index in [2.05, 4.69) is 22.1 Å². The van der Waals surface area contributed by atoms with Crippen molar-refractivity contribution < 1.29 is 4.79 Å². The average Bonchev–Trinajstić information content (AvgIpc) is 1.88. The number of rotatable bonds is 4. The van der Waals surface area contributed by atoms with Crippen LogP contribution in [0.25, 0.3) is 0 Å². The third kappa shape index (κ3) is 3.99. The molecule has 0 spiro atoms. The Balaban J connectivity index is 3.94. The van der Waals surface area contributed by atoms with E-state index in [0.717, 1.165) is 13.0 Å². The zero-order valence-corrected chi connectivity index (χ0v) is 10.9. The second-order valence-electron chi connectivity index (χ2n) is 3.49. The van der Waals surface area contributed by atoms with Crippen LogP contribution in [0.3, 0.4) is 0 Å². The first-order valence-corrected chi connectivity index (χ1v) is 13.5. The molecule has 0 aliphatic rings. The summed E-state index contributed by atoms with van der Waals surface area (Å²) in [4.78, 5) is 15.8. The molecular weight excluding hydrogens is 245 g/mol. The van der Waals surface area contributed by atoms with Gasteiger partial charge in [0.1, 0.15) is 0 Å². The fourth-order valence-electron chi connectivity index (χ4n) is 1.14. The first-order valence-electron chi connectivity index (χ1n) is 4.33. The molecule has 11 heavy (non-hydrogen) atoms. The molecule has 0 aromatic heterocycles. The van der Waals surface area contributed by atoms with Gasteiger partial charge in [0.25, 0.3) is 0 Å². The summed E-state index contributed by atoms with van der Waals surface area (Å²) in [5.74, 6) is 0. The van der Waals surface area contributed by atoms with E-state index in [1.807, 2.05) is 6.92 Å². The van der Waals surface area contributed by atoms with Crippen LogP contribution >= 0.6 is 0 Å². The molecule has 0 saturated carbocycles. The molecule has 0 radical (unpaired) electrons. The number of amides is 1. The van der Waals surface area contributed by atoms with E-state index < -0.39 is 18.4 Å². The summed E-state index contributed by atoms with van der Waals surface area (Å²) in [7, 11) is 0. The van der Waals surface area contributed by atoms with Crippen LogP contribution in [0.15, 0.2) is 0 Å². The van der Waals surface area contributed by atoms with Gasteiger partial charge in [-0.25, -0.2) is 0 Å². The SMILES string of the molecule is CC[CH2][Sn]([CH3])([CH3])[C](=O)NCC. The van der Waals surface area contributed by atoms with Crippen LogP contribution in [-0.2, 0) is 0 Å². The van der Waals surface area contributed by atoms with Gasteiger partial charge in [-0.2, -0.15) is 0 Å². The molecule has 0 atom stereocenters. The first-order chi connectivity index (χ1) is 5.04. The Labute approximate surface area is 73.6 Å². The van der Waals surface area contributed by atoms with Crippen molar-refractivity contribution in [1.29, 1.82) is 0 Å². The van der Waals surface area contributed by atoms with E-state index in [1.165, 1.54) is 4.44 Å². The number of hydrogen-bond donors (Lipinski definition) is 1. The summed E-state index contributed by atoms with van der Waals surface area (Å²) in [6.45, 7) is 4.91. The van der Waals surface area contributed by atoms with Gasteiger partial charge in [-0.3, -0.25) is 0 Å². The molecule has 1 amide bonds. The number of carbonyl (C=O) groups is 1. The summed E-state index contributed by atoms with van der Waals surface area (Å²) in [6.07, 6.45) is 1.15. The third-order valence-corrected chi connectivity index (χ3v) is 10.8. The summed E-state index contributed by atoms with van der Waals surface area (Å²) < 4.78 is 1.55. The molecule has 66 valence electrons. The summed E-state index contributed by atoms with van der Waals surface area (Å²) in [6, 6.07) is 0. The molecule has 0 aliphatic heterocycles. The average molecular weight is 264 g/mol. The minimum absolute atomic E-state index is 0.378. The minimum atomic E-state index is -2.29. The van der Waals surface area contributed by atoms with Crippen molar-refractivity contribution in [1.82, 2.24) is 5.32 Å². The van der Waals surface area contributed by atoms with Gasteiger partial charge in [-0.15, -0.1) is 0 Å². The van der Waals surface area contributed by atoms with Crippen LogP contribution in [-0.4, -0.2) is 28.8 Å². The normalized spacial score (nSPS) is 11.3. The molecule has 0 unspecified atom stereocenters. The second kappa shape index (κ2) is 5.01. The zero-order valence-electron chi connectivity index (χ0n) is 8.03. The van der Waals surface area contributed by atoms with Crippen LogP contribution in [0.5, 0.6) is 0 Å². The van der Waals surface area contributed by atoms with Crippen molar-refractivity contribution >= 4 is 22.3 Å². The molecule has 0 aromatic carbocycles. The molecular formula is C8H19NOSn. The molecule has 1 N–H and O–H groups in total. The number of hydrogen-bond acceptors (Lipinski definition) is 1. The molecule has 0 aromatic rings. The predicted octanol–water partition coefficient (Wildman–Crippen LogP) is 2.42. The van der Waals surface area contributed by atoms with E-state index in [0.29, 0.717) is 3.92 Å². The van der Waals surface area contributed by atoms with E-state index in [9.17, 15) is 4.79 Å². The van der Waals surface area contributed by atoms with Gasteiger partial charge >= 0.3 is 73.5 Å². The number of nitrogens with one attached hydrogen (secondary N) is 1. The predicted molar refractivity (Wildman–Crippen MR) is 51.7 cm³/mol. The summed E-state index contributed by atoms with van der Waals surface area (Å²) in [5.41, 5.74) is 0. The van der Waals surface area contributed by atoms with Gasteiger partial charge in [-0.1, -0.05) is 0 Å². The van der Waals surface area contributed by atoms with Crippen molar-refractivity contribution in [2.24, 2.45) is 0 Å². The molecule has 0 fully saturated rings. The maximum absolute atomic E-state index is 11.4. The van der Waals surface area contributed by atoms with Crippen LogP contribution in [0.2, 0.25) is 14.3 Å². The van der Waals surface area contributed by atoms with Gasteiger partial charge in [0.05, 0.1) is 0 Å². The Kier molecular flexibility index (Phi) is 5.13. The van der Waals surface area contributed by atoms with Crippen molar-refractivity contribution in [3.05, 3.63) is 0 Å². The van der Waals surface area contributed by atoms with E-state index >= 15 is 0 Å². The third-order valence-electron chi connectivity index (χ3n) is 1.83. The molecule has 3 heteroatoms. The second-order valence-corrected chi connectivity index (χ2v) is 17.0. The van der Waals surface area contributed by atoms with Crippen molar-refractivity contribution in [3.63, 3.8) is 0 Å². The monoisotopic (exact) mass is 265 g/mol. The van der Waals surface area contributed by atoms with Crippen LogP contribution in [0.4, 0.5) is 4.79 Å². The van der Waals surface area contributed by atoms with Crippen LogP contribution in [0.1, 0.15) is 20.3 Å². The first kappa shape index (κ1) is 11.3. The Hall–Kier alpha value is 0.269. The summed E-state index contributed by atoms with van der Waals surface area (Å²) in [5, 5.41) is 2.92. The Morgan fingerprint density at radius 2 is 1.91 bits per heavy atom. The topological polar surface area (TPSA) is 29.1 Å². The maximum atomic E-state index is 11.4. The molecule has 0 heterocycles. The quantitative estimate of drug-likeness (QED) is 0.776. The Morgan fingerprint density at radius 1 is 1.36 bits per heavy atom. The van der Waals surface area contributed by atoms with E-state index in [-0.39, 0.29) is 0 Å². The van der Waals surface area contributed by atoms with Gasteiger partial charge < -0.3 is 0 Å². The molecule has 0 aliphatic carbocycles. The van der Waals surface area contributed by atoms with Gasteiger partial charge in [-0.05, 0) is 0 Å². The Bertz CT molecular complexity index is 134. The van der Waals surface area contributed by atoms with Crippen molar-refractivity contribution in [2.75, 3.05) is 6.54 Å². The zero-order chi connectivity index (χ0) is 8.91. The van der Waals surface area contributed by atoms with Gasteiger partial charge in [0.2, 0.25) is 0 Å². The Morgan fingerprint density at radius 3 is 2.27 bits per heavy atom. The van der Waals surface area contributed by atoms with Crippen molar-refractivity contribution in [3.8, 4) is 0 Å². The fourth-order valence-corrected chi connectivity index (χ4v) is 7.22. The van der Waals surface area contributed by atoms with Gasteiger partial charge in [0.15, 0.2) is 0 Å². The van der Waals surface area contributed by atoms with E-state index in [4.69, 9.17) is 0 Å². The molecule has 0 saturated heterocycles.